The Bertz CT molecular complexity index is 565. The molecular weight excluding hydrogens is 288 g/mol. The van der Waals surface area contributed by atoms with Gasteiger partial charge in [-0.15, -0.1) is 0 Å². The van der Waals surface area contributed by atoms with Gasteiger partial charge in [-0.3, -0.25) is 9.20 Å². The van der Waals surface area contributed by atoms with Crippen molar-refractivity contribution in [2.24, 2.45) is 0 Å². The monoisotopic (exact) mass is 298 g/mol. The zero-order chi connectivity index (χ0) is 12.4. The molecule has 0 aliphatic heterocycles. The number of halogens is 1. The third-order valence-electron chi connectivity index (χ3n) is 2.36. The van der Waals surface area contributed by atoms with Crippen LogP contribution in [0.1, 0.15) is 10.5 Å². The van der Waals surface area contributed by atoms with Crippen molar-refractivity contribution in [3.63, 3.8) is 0 Å². The lowest BCUT2D eigenvalue weighted by molar-refractivity contribution is 0.101. The third-order valence-corrected chi connectivity index (χ3v) is 2.87. The van der Waals surface area contributed by atoms with Crippen molar-refractivity contribution in [1.82, 2.24) is 9.38 Å². The largest absolute Gasteiger partial charge is 0.496 e. The lowest BCUT2D eigenvalue weighted by Gasteiger charge is -2.06. The molecule has 5 nitrogen and oxygen atoms in total. The van der Waals surface area contributed by atoms with Crippen LogP contribution in [0.3, 0.4) is 0 Å². The fourth-order valence-electron chi connectivity index (χ4n) is 1.51. The molecule has 6 heteroatoms. The molecule has 0 bridgehead atoms. The number of imidazole rings is 1. The summed E-state index contributed by atoms with van der Waals surface area (Å²) in [4.78, 5) is 15.8. The molecule has 90 valence electrons. The summed E-state index contributed by atoms with van der Waals surface area (Å²) < 4.78 is 12.1. The number of fused-ring (bicyclic) bond motifs is 1. The van der Waals surface area contributed by atoms with Gasteiger partial charge in [-0.05, 0) is 0 Å². The van der Waals surface area contributed by atoms with Crippen LogP contribution in [0.15, 0.2) is 18.3 Å². The number of pyridine rings is 1. The van der Waals surface area contributed by atoms with E-state index < -0.39 is 0 Å². The maximum absolute atomic E-state index is 11.5. The van der Waals surface area contributed by atoms with Crippen LogP contribution in [0.5, 0.6) is 11.6 Å². The number of hydrogen-bond donors (Lipinski definition) is 0. The summed E-state index contributed by atoms with van der Waals surface area (Å²) in [7, 11) is 3.12. The molecule has 0 fully saturated rings. The molecule has 0 aliphatic carbocycles. The van der Waals surface area contributed by atoms with Gasteiger partial charge in [0.05, 0.1) is 19.5 Å². The Labute approximate surface area is 106 Å². The van der Waals surface area contributed by atoms with Crippen molar-refractivity contribution in [3.05, 3.63) is 24.0 Å². The molecule has 0 N–H and O–H groups in total. The minimum Gasteiger partial charge on any atom is -0.496 e. The minimum absolute atomic E-state index is 0.0743. The number of hydrogen-bond acceptors (Lipinski definition) is 4. The van der Waals surface area contributed by atoms with E-state index in [1.165, 1.54) is 0 Å². The Kier molecular flexibility index (Phi) is 3.33. The Morgan fingerprint density at radius 1 is 1.41 bits per heavy atom. The molecule has 0 unspecified atom stereocenters. The molecule has 2 heterocycles. The summed E-state index contributed by atoms with van der Waals surface area (Å²) in [6.45, 7) is 0. The summed E-state index contributed by atoms with van der Waals surface area (Å²) >= 11 is 3.12. The fraction of sp³-hybridized carbons (Fsp3) is 0.273. The van der Waals surface area contributed by atoms with Crippen LogP contribution >= 0.6 is 15.9 Å². The second kappa shape index (κ2) is 4.75. The zero-order valence-corrected chi connectivity index (χ0v) is 11.0. The summed E-state index contributed by atoms with van der Waals surface area (Å²) in [6.07, 6.45) is 1.65. The lowest BCUT2D eigenvalue weighted by Crippen LogP contribution is -1.99. The van der Waals surface area contributed by atoms with Crippen molar-refractivity contribution in [3.8, 4) is 11.6 Å². The van der Waals surface area contributed by atoms with Crippen LogP contribution in [0.25, 0.3) is 5.65 Å². The molecule has 0 amide bonds. The van der Waals surface area contributed by atoms with Crippen molar-refractivity contribution < 1.29 is 14.3 Å². The summed E-state index contributed by atoms with van der Waals surface area (Å²) in [6, 6.07) is 3.48. The van der Waals surface area contributed by atoms with Gasteiger partial charge in [-0.25, -0.2) is 4.98 Å². The molecule has 0 saturated heterocycles. The van der Waals surface area contributed by atoms with E-state index in [4.69, 9.17) is 9.47 Å². The molecule has 0 atom stereocenters. The summed E-state index contributed by atoms with van der Waals surface area (Å²) in [5.74, 6) is 1.13. The van der Waals surface area contributed by atoms with Gasteiger partial charge in [0.15, 0.2) is 5.78 Å². The fourth-order valence-corrected chi connectivity index (χ4v) is 1.80. The van der Waals surface area contributed by atoms with E-state index in [1.54, 1.807) is 36.9 Å². The Morgan fingerprint density at radius 3 is 2.76 bits per heavy atom. The maximum Gasteiger partial charge on any atom is 0.202 e. The molecule has 2 aromatic rings. The van der Waals surface area contributed by atoms with Gasteiger partial charge >= 0.3 is 0 Å². The molecule has 0 saturated carbocycles. The van der Waals surface area contributed by atoms with E-state index >= 15 is 0 Å². The normalized spacial score (nSPS) is 10.5. The highest BCUT2D eigenvalue weighted by Crippen LogP contribution is 2.23. The standard InChI is InChI=1S/C11H11BrN2O3/c1-16-7-3-10-13-8(9(15)5-12)6-14(10)11(4-7)17-2/h3-4,6H,5H2,1-2H3. The number of ketones is 1. The second-order valence-electron chi connectivity index (χ2n) is 3.35. The average molecular weight is 299 g/mol. The first-order valence-electron chi connectivity index (χ1n) is 4.90. The van der Waals surface area contributed by atoms with Gasteiger partial charge < -0.3 is 9.47 Å². The van der Waals surface area contributed by atoms with Crippen LogP contribution < -0.4 is 9.47 Å². The Balaban J connectivity index is 2.62. The average Bonchev–Trinajstić information content (AvgIpc) is 2.80. The molecule has 0 spiro atoms. The van der Waals surface area contributed by atoms with Crippen molar-refractivity contribution in [1.29, 1.82) is 0 Å². The number of ether oxygens (including phenoxy) is 2. The van der Waals surface area contributed by atoms with Crippen molar-refractivity contribution >= 4 is 27.4 Å². The number of carbonyl (C=O) groups excluding carboxylic acids is 1. The first-order valence-corrected chi connectivity index (χ1v) is 6.02. The van der Waals surface area contributed by atoms with Crippen molar-refractivity contribution in [2.45, 2.75) is 0 Å². The first kappa shape index (κ1) is 11.9. The molecule has 0 radical (unpaired) electrons. The van der Waals surface area contributed by atoms with Gasteiger partial charge in [-0.1, -0.05) is 15.9 Å². The highest BCUT2D eigenvalue weighted by Gasteiger charge is 2.12. The zero-order valence-electron chi connectivity index (χ0n) is 9.44. The molecule has 17 heavy (non-hydrogen) atoms. The highest BCUT2D eigenvalue weighted by molar-refractivity contribution is 9.09. The number of rotatable bonds is 4. The van der Waals surface area contributed by atoms with E-state index in [-0.39, 0.29) is 11.1 Å². The van der Waals surface area contributed by atoms with Gasteiger partial charge in [0.25, 0.3) is 0 Å². The number of Topliss-reactive ketones (excluding diaryl/α,β-unsaturated/α-hetero) is 1. The molecule has 0 aromatic carbocycles. The van der Waals surface area contributed by atoms with E-state index in [1.807, 2.05) is 0 Å². The number of carbonyl (C=O) groups is 1. The number of alkyl halides is 1. The highest BCUT2D eigenvalue weighted by atomic mass is 79.9. The second-order valence-corrected chi connectivity index (χ2v) is 3.91. The number of aromatic nitrogens is 2. The molecule has 2 rings (SSSR count). The van der Waals surface area contributed by atoms with Crippen LogP contribution in [-0.2, 0) is 0 Å². The maximum atomic E-state index is 11.5. The van der Waals surface area contributed by atoms with Crippen LogP contribution in [-0.4, -0.2) is 34.7 Å². The lowest BCUT2D eigenvalue weighted by atomic mass is 10.3. The van der Waals surface area contributed by atoms with E-state index in [0.717, 1.165) is 0 Å². The summed E-state index contributed by atoms with van der Waals surface area (Å²) in [5.41, 5.74) is 1.01. The molecular formula is C11H11BrN2O3. The van der Waals surface area contributed by atoms with Crippen LogP contribution in [0, 0.1) is 0 Å². The summed E-state index contributed by atoms with van der Waals surface area (Å²) in [5, 5.41) is 0.246. The smallest absolute Gasteiger partial charge is 0.202 e. The van der Waals surface area contributed by atoms with Gasteiger partial charge in [0, 0.05) is 18.3 Å². The van der Waals surface area contributed by atoms with Gasteiger partial charge in [-0.2, -0.15) is 0 Å². The van der Waals surface area contributed by atoms with E-state index in [0.29, 0.717) is 23.0 Å². The third kappa shape index (κ3) is 2.12. The van der Waals surface area contributed by atoms with Crippen LogP contribution in [0.4, 0.5) is 0 Å². The van der Waals surface area contributed by atoms with Gasteiger partial charge in [0.2, 0.25) is 5.88 Å². The predicted octanol–water partition coefficient (Wildman–Crippen LogP) is 1.93. The predicted molar refractivity (Wildman–Crippen MR) is 66.4 cm³/mol. The minimum atomic E-state index is -0.0743. The van der Waals surface area contributed by atoms with Crippen molar-refractivity contribution in [2.75, 3.05) is 19.5 Å². The quantitative estimate of drug-likeness (QED) is 0.639. The molecule has 0 aliphatic rings. The molecule has 2 aromatic heterocycles. The van der Waals surface area contributed by atoms with E-state index in [2.05, 4.69) is 20.9 Å². The van der Waals surface area contributed by atoms with Crippen LogP contribution in [0.2, 0.25) is 0 Å². The first-order chi connectivity index (χ1) is 8.19. The topological polar surface area (TPSA) is 52.8 Å². The Morgan fingerprint density at radius 2 is 2.18 bits per heavy atom. The Hall–Kier alpha value is -1.56. The van der Waals surface area contributed by atoms with Gasteiger partial charge in [0.1, 0.15) is 17.1 Å². The van der Waals surface area contributed by atoms with E-state index in [9.17, 15) is 4.79 Å². The number of methoxy groups -OCH3 is 2. The SMILES string of the molecule is COc1cc(OC)n2cc(C(=O)CBr)nc2c1. The number of nitrogens with zero attached hydrogens (tertiary/aromatic N) is 2.